The summed E-state index contributed by atoms with van der Waals surface area (Å²) in [6.45, 7) is 0. The minimum Gasteiger partial charge on any atom is -0.378 e. The first-order valence-corrected chi connectivity index (χ1v) is 9.36. The third-order valence-corrected chi connectivity index (χ3v) is 5.74. The Morgan fingerprint density at radius 3 is 2.72 bits per heavy atom. The monoisotopic (exact) mass is 351 g/mol. The summed E-state index contributed by atoms with van der Waals surface area (Å²) in [5.41, 5.74) is 6.77. The van der Waals surface area contributed by atoms with Crippen molar-refractivity contribution in [3.63, 3.8) is 0 Å². The Morgan fingerprint density at radius 1 is 1.12 bits per heavy atom. The van der Waals surface area contributed by atoms with Gasteiger partial charge in [0, 0.05) is 24.7 Å². The fourth-order valence-electron chi connectivity index (χ4n) is 3.20. The van der Waals surface area contributed by atoms with Gasteiger partial charge in [-0.25, -0.2) is 9.97 Å². The predicted octanol–water partition coefficient (Wildman–Crippen LogP) is 4.08. The van der Waals surface area contributed by atoms with Crippen molar-refractivity contribution in [2.24, 2.45) is 5.10 Å². The van der Waals surface area contributed by atoms with E-state index in [1.54, 1.807) is 17.7 Å². The summed E-state index contributed by atoms with van der Waals surface area (Å²) in [5.74, 6) is 0.811. The normalized spacial score (nSPS) is 14.0. The molecule has 0 amide bonds. The smallest absolute Gasteiger partial charge is 0.158 e. The molecule has 0 spiro atoms. The van der Waals surface area contributed by atoms with Crippen LogP contribution in [0.5, 0.6) is 0 Å². The summed E-state index contributed by atoms with van der Waals surface area (Å²) in [6, 6.07) is 8.28. The Bertz CT molecular complexity index is 911. The van der Waals surface area contributed by atoms with Gasteiger partial charge in [0.2, 0.25) is 0 Å². The van der Waals surface area contributed by atoms with Gasteiger partial charge in [-0.15, -0.1) is 11.3 Å². The SMILES string of the molecule is CN(C)c1ccc(/C=N\Nc2ncnc3sc4c(c23)CCCC4)cc1. The molecule has 4 rings (SSSR count). The van der Waals surface area contributed by atoms with E-state index in [4.69, 9.17) is 0 Å². The zero-order valence-corrected chi connectivity index (χ0v) is 15.3. The van der Waals surface area contributed by atoms with Crippen molar-refractivity contribution in [2.75, 3.05) is 24.4 Å². The number of aromatic nitrogens is 2. The van der Waals surface area contributed by atoms with E-state index in [0.717, 1.165) is 34.4 Å². The lowest BCUT2D eigenvalue weighted by molar-refractivity contribution is 0.700. The minimum atomic E-state index is 0.811. The highest BCUT2D eigenvalue weighted by molar-refractivity contribution is 7.19. The maximum Gasteiger partial charge on any atom is 0.158 e. The lowest BCUT2D eigenvalue weighted by Crippen LogP contribution is -2.08. The number of hydrogen-bond donors (Lipinski definition) is 1. The molecule has 0 fully saturated rings. The zero-order chi connectivity index (χ0) is 17.2. The molecule has 0 saturated heterocycles. The number of aryl methyl sites for hydroxylation is 2. The molecule has 128 valence electrons. The van der Waals surface area contributed by atoms with Crippen molar-refractivity contribution in [1.29, 1.82) is 0 Å². The van der Waals surface area contributed by atoms with Crippen molar-refractivity contribution >= 4 is 39.3 Å². The molecule has 0 bridgehead atoms. The lowest BCUT2D eigenvalue weighted by atomic mass is 9.97. The van der Waals surface area contributed by atoms with Crippen LogP contribution in [-0.2, 0) is 12.8 Å². The van der Waals surface area contributed by atoms with E-state index < -0.39 is 0 Å². The number of benzene rings is 1. The van der Waals surface area contributed by atoms with Crippen LogP contribution < -0.4 is 10.3 Å². The van der Waals surface area contributed by atoms with Gasteiger partial charge in [-0.3, -0.25) is 5.43 Å². The van der Waals surface area contributed by atoms with Crippen LogP contribution in [0.3, 0.4) is 0 Å². The second-order valence-corrected chi connectivity index (χ2v) is 7.55. The Balaban J connectivity index is 1.57. The first-order chi connectivity index (χ1) is 12.2. The Morgan fingerprint density at radius 2 is 1.92 bits per heavy atom. The van der Waals surface area contributed by atoms with E-state index in [1.165, 1.54) is 29.0 Å². The van der Waals surface area contributed by atoms with Crippen molar-refractivity contribution in [3.8, 4) is 0 Å². The highest BCUT2D eigenvalue weighted by atomic mass is 32.1. The van der Waals surface area contributed by atoms with Gasteiger partial charge in [0.1, 0.15) is 11.2 Å². The molecule has 6 heteroatoms. The van der Waals surface area contributed by atoms with Crippen LogP contribution in [0.1, 0.15) is 28.8 Å². The molecular weight excluding hydrogens is 330 g/mol. The lowest BCUT2D eigenvalue weighted by Gasteiger charge is -2.12. The van der Waals surface area contributed by atoms with Gasteiger partial charge in [0.25, 0.3) is 0 Å². The van der Waals surface area contributed by atoms with Crippen molar-refractivity contribution in [1.82, 2.24) is 9.97 Å². The first-order valence-electron chi connectivity index (χ1n) is 8.54. The van der Waals surface area contributed by atoms with Gasteiger partial charge in [0.15, 0.2) is 5.82 Å². The molecule has 1 aliphatic carbocycles. The summed E-state index contributed by atoms with van der Waals surface area (Å²) in [4.78, 5) is 13.5. The predicted molar refractivity (Wildman–Crippen MR) is 106 cm³/mol. The maximum atomic E-state index is 4.45. The summed E-state index contributed by atoms with van der Waals surface area (Å²) in [7, 11) is 4.07. The first kappa shape index (κ1) is 16.0. The van der Waals surface area contributed by atoms with E-state index >= 15 is 0 Å². The molecule has 0 unspecified atom stereocenters. The summed E-state index contributed by atoms with van der Waals surface area (Å²) >= 11 is 1.80. The maximum absolute atomic E-state index is 4.45. The molecule has 0 atom stereocenters. The molecule has 2 heterocycles. The molecule has 0 radical (unpaired) electrons. The van der Waals surface area contributed by atoms with Crippen molar-refractivity contribution < 1.29 is 0 Å². The van der Waals surface area contributed by atoms with Gasteiger partial charge in [-0.1, -0.05) is 12.1 Å². The van der Waals surface area contributed by atoms with E-state index in [1.807, 2.05) is 20.3 Å². The molecule has 25 heavy (non-hydrogen) atoms. The topological polar surface area (TPSA) is 53.4 Å². The molecule has 3 aromatic rings. The second-order valence-electron chi connectivity index (χ2n) is 6.47. The Hall–Kier alpha value is -2.47. The van der Waals surface area contributed by atoms with Crippen LogP contribution in [0.25, 0.3) is 10.2 Å². The van der Waals surface area contributed by atoms with Gasteiger partial charge >= 0.3 is 0 Å². The van der Waals surface area contributed by atoms with Gasteiger partial charge in [0.05, 0.1) is 11.6 Å². The second kappa shape index (κ2) is 6.80. The number of hydrogen-bond acceptors (Lipinski definition) is 6. The van der Waals surface area contributed by atoms with Crippen LogP contribution >= 0.6 is 11.3 Å². The van der Waals surface area contributed by atoms with Crippen LogP contribution in [0.2, 0.25) is 0 Å². The van der Waals surface area contributed by atoms with E-state index in [9.17, 15) is 0 Å². The van der Waals surface area contributed by atoms with E-state index in [-0.39, 0.29) is 0 Å². The number of fused-ring (bicyclic) bond motifs is 3. The quantitative estimate of drug-likeness (QED) is 0.568. The van der Waals surface area contributed by atoms with Crippen LogP contribution in [-0.4, -0.2) is 30.3 Å². The molecule has 5 nitrogen and oxygen atoms in total. The van der Waals surface area contributed by atoms with E-state index in [2.05, 4.69) is 49.7 Å². The molecule has 0 aliphatic heterocycles. The molecule has 0 saturated carbocycles. The number of hydrazone groups is 1. The van der Waals surface area contributed by atoms with Crippen LogP contribution in [0.4, 0.5) is 11.5 Å². The molecular formula is C19H21N5S. The highest BCUT2D eigenvalue weighted by Crippen LogP contribution is 2.38. The number of thiophene rings is 1. The molecule has 1 N–H and O–H groups in total. The Labute approximate surface area is 151 Å². The minimum absolute atomic E-state index is 0.811. The van der Waals surface area contributed by atoms with Gasteiger partial charge < -0.3 is 4.90 Å². The highest BCUT2D eigenvalue weighted by Gasteiger charge is 2.19. The molecule has 1 aliphatic rings. The standard InChI is InChI=1S/C19H21N5S/c1-24(2)14-9-7-13(8-10-14)11-22-23-18-17-15-5-3-4-6-16(15)25-19(17)21-12-20-18/h7-12H,3-6H2,1-2H3,(H,20,21,23)/b22-11-. The van der Waals surface area contributed by atoms with Crippen LogP contribution in [0.15, 0.2) is 35.7 Å². The number of nitrogens with one attached hydrogen (secondary N) is 1. The average Bonchev–Trinajstić information content (AvgIpc) is 3.01. The van der Waals surface area contributed by atoms with E-state index in [0.29, 0.717) is 0 Å². The number of rotatable bonds is 4. The fourth-order valence-corrected chi connectivity index (χ4v) is 4.43. The van der Waals surface area contributed by atoms with Crippen molar-refractivity contribution in [3.05, 3.63) is 46.6 Å². The van der Waals surface area contributed by atoms with Gasteiger partial charge in [-0.05, 0) is 48.9 Å². The van der Waals surface area contributed by atoms with Crippen molar-refractivity contribution in [2.45, 2.75) is 25.7 Å². The summed E-state index contributed by atoms with van der Waals surface area (Å²) in [5, 5.41) is 5.55. The number of anilines is 2. The third-order valence-electron chi connectivity index (χ3n) is 4.54. The summed E-state index contributed by atoms with van der Waals surface area (Å²) in [6.07, 6.45) is 8.25. The number of nitrogens with zero attached hydrogens (tertiary/aromatic N) is 4. The largest absolute Gasteiger partial charge is 0.378 e. The third kappa shape index (κ3) is 3.22. The average molecular weight is 351 g/mol. The zero-order valence-electron chi connectivity index (χ0n) is 14.5. The molecule has 1 aromatic carbocycles. The Kier molecular flexibility index (Phi) is 4.36. The fraction of sp³-hybridized carbons (Fsp3) is 0.316. The molecule has 2 aromatic heterocycles. The van der Waals surface area contributed by atoms with Crippen LogP contribution in [0, 0.1) is 0 Å². The summed E-state index contributed by atoms with van der Waals surface area (Å²) < 4.78 is 0. The van der Waals surface area contributed by atoms with Gasteiger partial charge in [-0.2, -0.15) is 5.10 Å².